The maximum Gasteiger partial charge on any atom is 0.312 e. The molecule has 2 fully saturated rings. The van der Waals surface area contributed by atoms with Gasteiger partial charge in [0, 0.05) is 17.2 Å². The second-order valence-corrected chi connectivity index (χ2v) is 9.25. The molecule has 0 N–H and O–H groups in total. The minimum atomic E-state index is -0.590. The van der Waals surface area contributed by atoms with E-state index in [4.69, 9.17) is 4.74 Å². The normalized spacial score (nSPS) is 24.6. The van der Waals surface area contributed by atoms with Crippen molar-refractivity contribution < 1.29 is 19.2 Å². The van der Waals surface area contributed by atoms with Gasteiger partial charge in [-0.15, -0.1) is 0 Å². The lowest BCUT2D eigenvalue weighted by molar-refractivity contribution is -0.386. The van der Waals surface area contributed by atoms with Crippen LogP contribution in [0.4, 0.5) is 5.69 Å². The molecule has 0 unspecified atom stereocenters. The first kappa shape index (κ1) is 22.0. The zero-order valence-electron chi connectivity index (χ0n) is 17.6. The number of hydrogen-bond acceptors (Lipinski definition) is 7. The average molecular weight is 521 g/mol. The molecular formula is C24H17BrN4O5. The van der Waals surface area contributed by atoms with E-state index in [9.17, 15) is 25.0 Å². The number of nitro benzene ring substituents is 1. The average Bonchev–Trinajstić information content (AvgIpc) is 3.51. The largest absolute Gasteiger partial charge is 0.481 e. The van der Waals surface area contributed by atoms with Gasteiger partial charge in [-0.1, -0.05) is 30.4 Å². The number of allylic oxidation sites excluding steroid dienone is 2. The second kappa shape index (κ2) is 8.50. The van der Waals surface area contributed by atoms with E-state index in [0.29, 0.717) is 21.2 Å². The molecule has 2 bridgehead atoms. The number of amides is 2. The second-order valence-electron chi connectivity index (χ2n) is 8.40. The molecule has 3 aliphatic rings. The Morgan fingerprint density at radius 1 is 1.21 bits per heavy atom. The van der Waals surface area contributed by atoms with Crippen molar-refractivity contribution in [3.63, 3.8) is 0 Å². The van der Waals surface area contributed by atoms with Crippen molar-refractivity contribution >= 4 is 39.6 Å². The third kappa shape index (κ3) is 3.58. The van der Waals surface area contributed by atoms with Crippen LogP contribution in [-0.2, 0) is 16.2 Å². The SMILES string of the molecule is N#Cc1ccccc1COc1c(Br)cc(C=NN2C(=O)[C@@H]3[C@H](C2=O)[C@H]2C=C[C@H]3C2)cc1[N+](=O)[O-]. The van der Waals surface area contributed by atoms with E-state index in [1.54, 1.807) is 30.3 Å². The highest BCUT2D eigenvalue weighted by atomic mass is 79.9. The van der Waals surface area contributed by atoms with Crippen molar-refractivity contribution in [2.75, 3.05) is 0 Å². The van der Waals surface area contributed by atoms with Gasteiger partial charge >= 0.3 is 5.69 Å². The first-order chi connectivity index (χ1) is 16.4. The van der Waals surface area contributed by atoms with Gasteiger partial charge in [-0.05, 0) is 46.3 Å². The van der Waals surface area contributed by atoms with Crippen molar-refractivity contribution in [2.24, 2.45) is 28.8 Å². The third-order valence-corrected chi connectivity index (χ3v) is 7.11. The Kier molecular flexibility index (Phi) is 5.49. The quantitative estimate of drug-likeness (QED) is 0.186. The number of carbonyl (C=O) groups is 2. The summed E-state index contributed by atoms with van der Waals surface area (Å²) in [6.45, 7) is -0.0352. The van der Waals surface area contributed by atoms with Crippen LogP contribution in [0.5, 0.6) is 5.75 Å². The fourth-order valence-electron chi connectivity index (χ4n) is 4.98. The summed E-state index contributed by atoms with van der Waals surface area (Å²) in [5.41, 5.74) is 1.01. The van der Waals surface area contributed by atoms with E-state index in [1.165, 1.54) is 12.3 Å². The van der Waals surface area contributed by atoms with Crippen LogP contribution in [0.15, 0.2) is 58.1 Å². The summed E-state index contributed by atoms with van der Waals surface area (Å²) in [6.07, 6.45) is 6.08. The highest BCUT2D eigenvalue weighted by Crippen LogP contribution is 2.52. The van der Waals surface area contributed by atoms with Gasteiger partial charge in [0.1, 0.15) is 6.61 Å². The van der Waals surface area contributed by atoms with E-state index in [2.05, 4.69) is 27.1 Å². The smallest absolute Gasteiger partial charge is 0.312 e. The zero-order chi connectivity index (χ0) is 24.0. The molecule has 1 saturated heterocycles. The fraction of sp³-hybridized carbons (Fsp3) is 0.250. The molecule has 2 aromatic carbocycles. The number of benzene rings is 2. The number of rotatable bonds is 6. The number of nitriles is 1. The summed E-state index contributed by atoms with van der Waals surface area (Å²) in [7, 11) is 0. The lowest BCUT2D eigenvalue weighted by Crippen LogP contribution is -2.28. The monoisotopic (exact) mass is 520 g/mol. The van der Waals surface area contributed by atoms with Gasteiger partial charge < -0.3 is 4.74 Å². The van der Waals surface area contributed by atoms with Crippen LogP contribution in [0, 0.1) is 45.1 Å². The number of hydrogen-bond donors (Lipinski definition) is 0. The van der Waals surface area contributed by atoms with E-state index < -0.39 is 4.92 Å². The molecule has 0 aromatic heterocycles. The standard InChI is InChI=1S/C24H17BrN4O5/c25-18-7-13(11-27-28-23(30)20-14-5-6-15(9-14)21(20)24(28)31)8-19(29(32)33)22(18)34-12-17-4-2-1-3-16(17)10-26/h1-8,11,14-15,20-21H,9,12H2/t14-,15-,20-,21+/m0/s1. The Labute approximate surface area is 202 Å². The summed E-state index contributed by atoms with van der Waals surface area (Å²) >= 11 is 3.30. The molecule has 9 nitrogen and oxygen atoms in total. The number of hydrazone groups is 1. The van der Waals surface area contributed by atoms with Gasteiger partial charge in [0.2, 0.25) is 5.75 Å². The molecule has 1 saturated carbocycles. The molecule has 4 atom stereocenters. The van der Waals surface area contributed by atoms with Crippen molar-refractivity contribution in [1.29, 1.82) is 5.26 Å². The molecule has 170 valence electrons. The molecule has 34 heavy (non-hydrogen) atoms. The Balaban J connectivity index is 1.38. The van der Waals surface area contributed by atoms with E-state index in [0.717, 1.165) is 11.4 Å². The summed E-state index contributed by atoms with van der Waals surface area (Å²) in [4.78, 5) is 36.7. The van der Waals surface area contributed by atoms with Crippen LogP contribution in [0.3, 0.4) is 0 Å². The van der Waals surface area contributed by atoms with E-state index in [-0.39, 0.29) is 53.5 Å². The topological polar surface area (TPSA) is 126 Å². The first-order valence-electron chi connectivity index (χ1n) is 10.6. The Morgan fingerprint density at radius 2 is 1.88 bits per heavy atom. The van der Waals surface area contributed by atoms with Crippen molar-refractivity contribution in [3.8, 4) is 11.8 Å². The Morgan fingerprint density at radius 3 is 2.53 bits per heavy atom. The van der Waals surface area contributed by atoms with Crippen LogP contribution in [0.2, 0.25) is 0 Å². The van der Waals surface area contributed by atoms with E-state index >= 15 is 0 Å². The molecule has 2 aliphatic carbocycles. The Bertz CT molecular complexity index is 1300. The van der Waals surface area contributed by atoms with Gasteiger partial charge in [-0.3, -0.25) is 19.7 Å². The Hall–Kier alpha value is -3.84. The van der Waals surface area contributed by atoms with Gasteiger partial charge in [0.15, 0.2) is 0 Å². The first-order valence-corrected chi connectivity index (χ1v) is 11.4. The summed E-state index contributed by atoms with van der Waals surface area (Å²) in [6, 6.07) is 11.7. The number of ether oxygens (including phenoxy) is 1. The lowest BCUT2D eigenvalue weighted by Gasteiger charge is -2.13. The molecule has 0 spiro atoms. The minimum Gasteiger partial charge on any atom is -0.481 e. The molecule has 2 aromatic rings. The maximum atomic E-state index is 12.8. The minimum absolute atomic E-state index is 0.000370. The van der Waals surface area contributed by atoms with Crippen molar-refractivity contribution in [3.05, 3.63) is 79.8 Å². The fourth-order valence-corrected chi connectivity index (χ4v) is 5.56. The highest BCUT2D eigenvalue weighted by molar-refractivity contribution is 9.10. The zero-order valence-corrected chi connectivity index (χ0v) is 19.2. The van der Waals surface area contributed by atoms with Gasteiger partial charge in [-0.2, -0.15) is 15.4 Å². The number of carbonyl (C=O) groups excluding carboxylic acids is 2. The molecule has 10 heteroatoms. The molecule has 0 radical (unpaired) electrons. The molecule has 2 amide bonds. The van der Waals surface area contributed by atoms with Crippen LogP contribution < -0.4 is 4.74 Å². The highest BCUT2D eigenvalue weighted by Gasteiger charge is 2.59. The number of nitro groups is 1. The number of halogens is 1. The number of fused-ring (bicyclic) bond motifs is 5. The van der Waals surface area contributed by atoms with Crippen molar-refractivity contribution in [1.82, 2.24) is 5.01 Å². The van der Waals surface area contributed by atoms with Gasteiger partial charge in [0.25, 0.3) is 11.8 Å². The van der Waals surface area contributed by atoms with Gasteiger partial charge in [0.05, 0.1) is 39.1 Å². The van der Waals surface area contributed by atoms with Crippen LogP contribution in [-0.4, -0.2) is 28.0 Å². The van der Waals surface area contributed by atoms with Crippen LogP contribution in [0.1, 0.15) is 23.1 Å². The maximum absolute atomic E-state index is 12.8. The molecule has 5 rings (SSSR count). The predicted octanol–water partition coefficient (Wildman–Crippen LogP) is 3.95. The molecular weight excluding hydrogens is 504 g/mol. The van der Waals surface area contributed by atoms with Gasteiger partial charge in [-0.25, -0.2) is 0 Å². The third-order valence-electron chi connectivity index (χ3n) is 6.52. The summed E-state index contributed by atoms with van der Waals surface area (Å²) < 4.78 is 6.00. The number of imide groups is 1. The van der Waals surface area contributed by atoms with Crippen molar-refractivity contribution in [2.45, 2.75) is 13.0 Å². The summed E-state index contributed by atoms with van der Waals surface area (Å²) in [5.74, 6) is -1.24. The molecule has 1 aliphatic heterocycles. The summed E-state index contributed by atoms with van der Waals surface area (Å²) in [5, 5.41) is 25.9. The lowest BCUT2D eigenvalue weighted by atomic mass is 9.85. The van der Waals surface area contributed by atoms with Crippen LogP contribution >= 0.6 is 15.9 Å². The predicted molar refractivity (Wildman–Crippen MR) is 123 cm³/mol. The number of nitrogens with zero attached hydrogens (tertiary/aromatic N) is 4. The van der Waals surface area contributed by atoms with E-state index in [1.807, 2.05) is 12.2 Å². The molecule has 1 heterocycles. The van der Waals surface area contributed by atoms with Crippen LogP contribution in [0.25, 0.3) is 0 Å².